The van der Waals surface area contributed by atoms with E-state index in [-0.39, 0.29) is 11.8 Å². The van der Waals surface area contributed by atoms with Gasteiger partial charge >= 0.3 is 5.88 Å². The molecule has 1 heterocycles. The number of hydrogen-bond acceptors (Lipinski definition) is 5. The van der Waals surface area contributed by atoms with Crippen LogP contribution in [0.3, 0.4) is 0 Å². The third-order valence-electron chi connectivity index (χ3n) is 3.52. The maximum atomic E-state index is 11.8. The summed E-state index contributed by atoms with van der Waals surface area (Å²) in [6.45, 7) is 3.69. The fourth-order valence-corrected chi connectivity index (χ4v) is 1.92. The van der Waals surface area contributed by atoms with Gasteiger partial charge in [0.1, 0.15) is 4.92 Å². The maximum absolute atomic E-state index is 11.8. The topological polar surface area (TPSA) is 106 Å². The van der Waals surface area contributed by atoms with Gasteiger partial charge in [0, 0.05) is 11.5 Å². The Kier molecular flexibility index (Phi) is 2.86. The van der Waals surface area contributed by atoms with Crippen molar-refractivity contribution in [1.82, 2.24) is 5.32 Å². The van der Waals surface area contributed by atoms with Crippen molar-refractivity contribution in [3.63, 3.8) is 0 Å². The monoisotopic (exact) mass is 254 g/mol. The van der Waals surface area contributed by atoms with Gasteiger partial charge in [-0.15, -0.1) is 0 Å². The zero-order chi connectivity index (χ0) is 13.5. The Bertz CT molecular complexity index is 493. The number of nitrogens with one attached hydrogen (secondary N) is 1. The van der Waals surface area contributed by atoms with Crippen LogP contribution in [0.1, 0.15) is 30.8 Å². The number of rotatable bonds is 3. The fourth-order valence-electron chi connectivity index (χ4n) is 1.92. The minimum atomic E-state index is -0.701. The van der Waals surface area contributed by atoms with E-state index in [0.29, 0.717) is 6.42 Å². The first-order valence-corrected chi connectivity index (χ1v) is 5.55. The van der Waals surface area contributed by atoms with Gasteiger partial charge in [0.15, 0.2) is 5.76 Å². The number of amides is 1. The molecule has 2 atom stereocenters. The second-order valence-corrected chi connectivity index (χ2v) is 4.99. The van der Waals surface area contributed by atoms with E-state index < -0.39 is 28.2 Å². The van der Waals surface area contributed by atoms with Crippen LogP contribution in [0.5, 0.6) is 0 Å². The summed E-state index contributed by atoms with van der Waals surface area (Å²) in [4.78, 5) is 21.5. The van der Waals surface area contributed by atoms with Crippen molar-refractivity contribution < 1.29 is 19.2 Å². The number of carbonyl (C=O) groups excluding carboxylic acids is 1. The van der Waals surface area contributed by atoms with E-state index in [2.05, 4.69) is 5.32 Å². The summed E-state index contributed by atoms with van der Waals surface area (Å²) in [5.41, 5.74) is -0.395. The standard InChI is InChI=1S/C11H14N2O5/c1-11(2)7(5-8(11)14)12-10(15)6-3-4-9(18-6)13(16)17/h3-4,7-8,14H,5H2,1-2H3,(H,12,15). The molecule has 0 spiro atoms. The molecule has 0 aromatic carbocycles. The highest BCUT2D eigenvalue weighted by Gasteiger charge is 2.48. The summed E-state index contributed by atoms with van der Waals surface area (Å²) in [5.74, 6) is -1.07. The molecule has 18 heavy (non-hydrogen) atoms. The zero-order valence-electron chi connectivity index (χ0n) is 10.0. The van der Waals surface area contributed by atoms with Crippen LogP contribution in [0, 0.1) is 15.5 Å². The zero-order valence-corrected chi connectivity index (χ0v) is 10.0. The van der Waals surface area contributed by atoms with Crippen LogP contribution in [0.4, 0.5) is 5.88 Å². The molecule has 2 unspecified atom stereocenters. The number of aliphatic hydroxyl groups is 1. The minimum absolute atomic E-state index is 0.0983. The molecule has 1 saturated carbocycles. The van der Waals surface area contributed by atoms with Crippen LogP contribution in [0.2, 0.25) is 0 Å². The van der Waals surface area contributed by atoms with Gasteiger partial charge in [-0.25, -0.2) is 0 Å². The molecule has 1 amide bonds. The van der Waals surface area contributed by atoms with E-state index in [1.165, 1.54) is 6.07 Å². The molecule has 0 aliphatic heterocycles. The fraction of sp³-hybridized carbons (Fsp3) is 0.545. The van der Waals surface area contributed by atoms with Crippen molar-refractivity contribution in [3.8, 4) is 0 Å². The number of hydrogen-bond donors (Lipinski definition) is 2. The summed E-state index contributed by atoms with van der Waals surface area (Å²) in [6.07, 6.45) is 0.0235. The van der Waals surface area contributed by atoms with Crippen molar-refractivity contribution in [2.75, 3.05) is 0 Å². The second kappa shape index (κ2) is 4.09. The van der Waals surface area contributed by atoms with Crippen molar-refractivity contribution in [2.45, 2.75) is 32.4 Å². The Morgan fingerprint density at radius 3 is 2.72 bits per heavy atom. The third-order valence-corrected chi connectivity index (χ3v) is 3.52. The Balaban J connectivity index is 2.02. The Morgan fingerprint density at radius 1 is 1.61 bits per heavy atom. The summed E-state index contributed by atoms with van der Waals surface area (Å²) >= 11 is 0. The lowest BCUT2D eigenvalue weighted by atomic mass is 9.64. The van der Waals surface area contributed by atoms with Gasteiger partial charge in [-0.05, 0) is 12.5 Å². The molecular weight excluding hydrogens is 240 g/mol. The smallest absolute Gasteiger partial charge is 0.395 e. The molecule has 0 saturated heterocycles. The molecular formula is C11H14N2O5. The summed E-state index contributed by atoms with van der Waals surface area (Å²) in [6, 6.07) is 2.23. The van der Waals surface area contributed by atoms with E-state index >= 15 is 0 Å². The minimum Gasteiger partial charge on any atom is -0.395 e. The quantitative estimate of drug-likeness (QED) is 0.620. The van der Waals surface area contributed by atoms with Gasteiger partial charge in [-0.3, -0.25) is 14.9 Å². The lowest BCUT2D eigenvalue weighted by Crippen LogP contribution is -2.61. The van der Waals surface area contributed by atoms with Crippen molar-refractivity contribution >= 4 is 11.8 Å². The predicted octanol–water partition coefficient (Wildman–Crippen LogP) is 1.08. The van der Waals surface area contributed by atoms with Gasteiger partial charge in [-0.1, -0.05) is 13.8 Å². The summed E-state index contributed by atoms with van der Waals surface area (Å²) < 4.78 is 4.80. The second-order valence-electron chi connectivity index (χ2n) is 4.99. The lowest BCUT2D eigenvalue weighted by Gasteiger charge is -2.49. The average molecular weight is 254 g/mol. The van der Waals surface area contributed by atoms with E-state index in [4.69, 9.17) is 4.42 Å². The van der Waals surface area contributed by atoms with Crippen molar-refractivity contribution in [2.24, 2.45) is 5.41 Å². The van der Waals surface area contributed by atoms with Gasteiger partial charge in [-0.2, -0.15) is 0 Å². The summed E-state index contributed by atoms with van der Waals surface area (Å²) in [5, 5.41) is 22.7. The predicted molar refractivity (Wildman–Crippen MR) is 61.0 cm³/mol. The van der Waals surface area contributed by atoms with Crippen LogP contribution >= 0.6 is 0 Å². The molecule has 0 radical (unpaired) electrons. The molecule has 1 aromatic rings. The molecule has 1 aliphatic rings. The molecule has 7 heteroatoms. The van der Waals surface area contributed by atoms with E-state index in [9.17, 15) is 20.0 Å². The number of carbonyl (C=O) groups is 1. The molecule has 1 aromatic heterocycles. The number of nitro groups is 1. The Morgan fingerprint density at radius 2 is 2.28 bits per heavy atom. The molecule has 0 bridgehead atoms. The van der Waals surface area contributed by atoms with Crippen molar-refractivity contribution in [3.05, 3.63) is 28.0 Å². The van der Waals surface area contributed by atoms with Crippen LogP contribution in [0.15, 0.2) is 16.5 Å². The Hall–Kier alpha value is -1.89. The van der Waals surface area contributed by atoms with Crippen LogP contribution < -0.4 is 5.32 Å². The first-order chi connectivity index (χ1) is 8.32. The van der Waals surface area contributed by atoms with E-state index in [1.807, 2.05) is 13.8 Å². The van der Waals surface area contributed by atoms with Crippen molar-refractivity contribution in [1.29, 1.82) is 0 Å². The van der Waals surface area contributed by atoms with Gasteiger partial charge in [0.25, 0.3) is 5.91 Å². The highest BCUT2D eigenvalue weighted by atomic mass is 16.6. The average Bonchev–Trinajstić information content (AvgIpc) is 2.78. The molecule has 7 nitrogen and oxygen atoms in total. The first kappa shape index (κ1) is 12.6. The highest BCUT2D eigenvalue weighted by molar-refractivity contribution is 5.92. The van der Waals surface area contributed by atoms with E-state index in [1.54, 1.807) is 0 Å². The number of aliphatic hydroxyl groups excluding tert-OH is 1. The van der Waals surface area contributed by atoms with Gasteiger partial charge in [0.05, 0.1) is 12.2 Å². The molecule has 1 fully saturated rings. The molecule has 2 rings (SSSR count). The molecule has 2 N–H and O–H groups in total. The summed E-state index contributed by atoms with van der Waals surface area (Å²) in [7, 11) is 0. The van der Waals surface area contributed by atoms with Gasteiger partial charge in [0.2, 0.25) is 0 Å². The van der Waals surface area contributed by atoms with Crippen LogP contribution in [0.25, 0.3) is 0 Å². The third kappa shape index (κ3) is 1.97. The van der Waals surface area contributed by atoms with Crippen LogP contribution in [-0.4, -0.2) is 28.1 Å². The van der Waals surface area contributed by atoms with Gasteiger partial charge < -0.3 is 14.8 Å². The molecule has 98 valence electrons. The normalized spacial score (nSPS) is 25.3. The number of nitrogens with zero attached hydrogens (tertiary/aromatic N) is 1. The lowest BCUT2D eigenvalue weighted by molar-refractivity contribution is -0.402. The first-order valence-electron chi connectivity index (χ1n) is 5.55. The Labute approximate surface area is 103 Å². The highest BCUT2D eigenvalue weighted by Crippen LogP contribution is 2.40. The molecule has 1 aliphatic carbocycles. The van der Waals surface area contributed by atoms with Crippen LogP contribution in [-0.2, 0) is 0 Å². The SMILES string of the molecule is CC1(C)C(O)CC1NC(=O)c1ccc([N+](=O)[O-])o1. The number of furan rings is 1. The largest absolute Gasteiger partial charge is 0.433 e. The van der Waals surface area contributed by atoms with E-state index in [0.717, 1.165) is 6.07 Å². The maximum Gasteiger partial charge on any atom is 0.433 e.